The van der Waals surface area contributed by atoms with E-state index >= 15 is 0 Å². The molecule has 1 saturated heterocycles. The molecule has 1 fully saturated rings. The van der Waals surface area contributed by atoms with Crippen LogP contribution in [0, 0.1) is 6.92 Å². The van der Waals surface area contributed by atoms with Crippen LogP contribution in [0.3, 0.4) is 0 Å². The van der Waals surface area contributed by atoms with Crippen LogP contribution in [0.2, 0.25) is 0 Å². The Balaban J connectivity index is 1.60. The first kappa shape index (κ1) is 24.0. The van der Waals surface area contributed by atoms with Gasteiger partial charge in [-0.05, 0) is 44.2 Å². The van der Waals surface area contributed by atoms with Crippen molar-refractivity contribution in [1.29, 1.82) is 0 Å². The Morgan fingerprint density at radius 3 is 2.79 bits per heavy atom. The van der Waals surface area contributed by atoms with Gasteiger partial charge in [-0.1, -0.05) is 49.0 Å². The van der Waals surface area contributed by atoms with E-state index in [2.05, 4.69) is 6.92 Å². The second-order valence-electron chi connectivity index (χ2n) is 8.50. The smallest absolute Gasteiger partial charge is 0.263 e. The van der Waals surface area contributed by atoms with Gasteiger partial charge in [0.25, 0.3) is 5.56 Å². The second-order valence-corrected chi connectivity index (χ2v) is 10.6. The summed E-state index contributed by atoms with van der Waals surface area (Å²) in [7, 11) is 1.83. The molecule has 0 spiro atoms. The zero-order chi connectivity index (χ0) is 23.5. The number of rotatable bonds is 8. The summed E-state index contributed by atoms with van der Waals surface area (Å²) in [5, 5.41) is 1.32. The van der Waals surface area contributed by atoms with Crippen LogP contribution in [0.5, 0.6) is 0 Å². The molecule has 0 aliphatic carbocycles. The van der Waals surface area contributed by atoms with Crippen molar-refractivity contribution >= 4 is 39.2 Å². The molecule has 2 unspecified atom stereocenters. The van der Waals surface area contributed by atoms with E-state index in [9.17, 15) is 9.59 Å². The van der Waals surface area contributed by atoms with Crippen molar-refractivity contribution in [3.8, 4) is 0 Å². The number of benzene rings is 1. The van der Waals surface area contributed by atoms with Crippen molar-refractivity contribution in [1.82, 2.24) is 14.5 Å². The van der Waals surface area contributed by atoms with Crippen LogP contribution in [0.15, 0.2) is 40.3 Å². The lowest BCUT2D eigenvalue weighted by Gasteiger charge is -2.25. The van der Waals surface area contributed by atoms with Gasteiger partial charge in [0.2, 0.25) is 5.91 Å². The van der Waals surface area contributed by atoms with Crippen molar-refractivity contribution in [2.75, 3.05) is 19.4 Å². The van der Waals surface area contributed by atoms with E-state index in [0.29, 0.717) is 11.7 Å². The van der Waals surface area contributed by atoms with E-state index in [1.165, 1.54) is 11.8 Å². The number of nitrogens with zero attached hydrogens (tertiary/aromatic N) is 3. The number of hydrogen-bond acceptors (Lipinski definition) is 6. The maximum absolute atomic E-state index is 13.6. The minimum absolute atomic E-state index is 0.00553. The number of carbonyl (C=O) groups is 1. The van der Waals surface area contributed by atoms with Crippen molar-refractivity contribution in [3.05, 3.63) is 56.7 Å². The van der Waals surface area contributed by atoms with Crippen LogP contribution in [0.4, 0.5) is 0 Å². The van der Waals surface area contributed by atoms with Crippen LogP contribution >= 0.6 is 23.1 Å². The number of thiophene rings is 1. The first-order valence-corrected chi connectivity index (χ1v) is 13.3. The topological polar surface area (TPSA) is 64.4 Å². The van der Waals surface area contributed by atoms with Gasteiger partial charge < -0.3 is 9.64 Å². The molecular weight excluding hydrogens is 454 g/mol. The Bertz CT molecular complexity index is 1180. The average molecular weight is 486 g/mol. The molecule has 0 N–H and O–H groups in total. The van der Waals surface area contributed by atoms with Gasteiger partial charge in [0.15, 0.2) is 5.16 Å². The predicted molar refractivity (Wildman–Crippen MR) is 135 cm³/mol. The van der Waals surface area contributed by atoms with Crippen molar-refractivity contribution in [2.45, 2.75) is 63.9 Å². The number of hydrogen-bond donors (Lipinski definition) is 0. The highest BCUT2D eigenvalue weighted by atomic mass is 32.2. The predicted octanol–water partition coefficient (Wildman–Crippen LogP) is 4.82. The molecular formula is C25H31N3O3S2. The highest BCUT2D eigenvalue weighted by Gasteiger charge is 2.24. The fourth-order valence-corrected chi connectivity index (χ4v) is 6.41. The molecule has 3 heterocycles. The van der Waals surface area contributed by atoms with Crippen molar-refractivity contribution in [3.63, 3.8) is 0 Å². The maximum Gasteiger partial charge on any atom is 0.263 e. The fraction of sp³-hybridized carbons (Fsp3) is 0.480. The van der Waals surface area contributed by atoms with E-state index in [1.54, 1.807) is 20.8 Å². The molecule has 4 rings (SSSR count). The number of thioether (sulfide) groups is 1. The minimum Gasteiger partial charge on any atom is -0.376 e. The summed E-state index contributed by atoms with van der Waals surface area (Å²) < 4.78 is 7.55. The first-order valence-electron chi connectivity index (χ1n) is 11.5. The van der Waals surface area contributed by atoms with Gasteiger partial charge in [-0.2, -0.15) is 0 Å². The van der Waals surface area contributed by atoms with Crippen LogP contribution < -0.4 is 5.56 Å². The van der Waals surface area contributed by atoms with Gasteiger partial charge in [-0.3, -0.25) is 14.2 Å². The minimum atomic E-state index is -0.0316. The molecule has 2 aromatic heterocycles. The number of fused-ring (bicyclic) bond motifs is 1. The van der Waals surface area contributed by atoms with Crippen molar-refractivity contribution < 1.29 is 9.53 Å². The Hall–Kier alpha value is -2.16. The zero-order valence-electron chi connectivity index (χ0n) is 19.7. The van der Waals surface area contributed by atoms with Gasteiger partial charge >= 0.3 is 0 Å². The molecule has 0 saturated carbocycles. The third-order valence-corrected chi connectivity index (χ3v) is 8.42. The molecule has 1 aliphatic heterocycles. The zero-order valence-corrected chi connectivity index (χ0v) is 21.3. The number of aryl methyl sites for hydroxylation is 2. The van der Waals surface area contributed by atoms with Crippen LogP contribution in [-0.2, 0) is 22.5 Å². The number of carbonyl (C=O) groups excluding carboxylic acids is 1. The van der Waals surface area contributed by atoms with E-state index in [0.717, 1.165) is 52.1 Å². The molecule has 8 heteroatoms. The standard InChI is InChI=1S/C25H31N3O3S2/c1-5-20-17(3)33-23-22(20)24(30)28(14-19-12-9-13-31-19)25(26-23)32-15-21(29)27(4)16(2)18-10-7-6-8-11-18/h6-8,10-11,16,19H,5,9,12-15H2,1-4H3. The third-order valence-electron chi connectivity index (χ3n) is 6.42. The summed E-state index contributed by atoms with van der Waals surface area (Å²) in [4.78, 5) is 35.1. The fourth-order valence-electron chi connectivity index (χ4n) is 4.32. The molecule has 176 valence electrons. The highest BCUT2D eigenvalue weighted by molar-refractivity contribution is 7.99. The number of aromatic nitrogens is 2. The third kappa shape index (κ3) is 5.03. The van der Waals surface area contributed by atoms with Crippen LogP contribution in [0.25, 0.3) is 10.2 Å². The lowest BCUT2D eigenvalue weighted by Crippen LogP contribution is -2.32. The van der Waals surface area contributed by atoms with Crippen LogP contribution in [0.1, 0.15) is 48.7 Å². The highest BCUT2D eigenvalue weighted by Crippen LogP contribution is 2.30. The van der Waals surface area contributed by atoms with Crippen molar-refractivity contribution in [2.24, 2.45) is 0 Å². The maximum atomic E-state index is 13.6. The van der Waals surface area contributed by atoms with Gasteiger partial charge in [0.05, 0.1) is 29.8 Å². The molecule has 3 aromatic rings. The molecule has 0 radical (unpaired) electrons. The largest absolute Gasteiger partial charge is 0.376 e. The van der Waals surface area contributed by atoms with Gasteiger partial charge in [-0.25, -0.2) is 4.98 Å². The first-order chi connectivity index (χ1) is 15.9. The molecule has 2 atom stereocenters. The quantitative estimate of drug-likeness (QED) is 0.338. The van der Waals surface area contributed by atoms with Crippen LogP contribution in [-0.4, -0.2) is 45.9 Å². The summed E-state index contributed by atoms with van der Waals surface area (Å²) in [5.41, 5.74) is 2.16. The van der Waals surface area contributed by atoms with Gasteiger partial charge in [0, 0.05) is 18.5 Å². The number of amides is 1. The van der Waals surface area contributed by atoms with Gasteiger partial charge in [0.1, 0.15) is 4.83 Å². The monoisotopic (exact) mass is 485 g/mol. The second kappa shape index (κ2) is 10.4. The average Bonchev–Trinajstić information content (AvgIpc) is 3.45. The van der Waals surface area contributed by atoms with E-state index in [4.69, 9.17) is 9.72 Å². The Morgan fingerprint density at radius 2 is 2.12 bits per heavy atom. The summed E-state index contributed by atoms with van der Waals surface area (Å²) in [6.07, 6.45) is 2.77. The summed E-state index contributed by atoms with van der Waals surface area (Å²) >= 11 is 2.90. The number of ether oxygens (including phenoxy) is 1. The SMILES string of the molecule is CCc1c(C)sc2nc(SCC(=O)N(C)C(C)c3ccccc3)n(CC3CCCO3)c(=O)c12. The lowest BCUT2D eigenvalue weighted by molar-refractivity contribution is -0.128. The normalized spacial score (nSPS) is 16.9. The summed E-state index contributed by atoms with van der Waals surface area (Å²) in [5.74, 6) is 0.230. The Morgan fingerprint density at radius 1 is 1.36 bits per heavy atom. The lowest BCUT2D eigenvalue weighted by atomic mass is 10.1. The van der Waals surface area contributed by atoms with E-state index < -0.39 is 0 Å². The molecule has 1 amide bonds. The molecule has 33 heavy (non-hydrogen) atoms. The van der Waals surface area contributed by atoms with E-state index in [1.807, 2.05) is 51.2 Å². The molecule has 1 aliphatic rings. The Labute approximate surface area is 203 Å². The summed E-state index contributed by atoms with van der Waals surface area (Å²) in [6, 6.07) is 9.96. The summed E-state index contributed by atoms with van der Waals surface area (Å²) in [6.45, 7) is 7.35. The molecule has 1 aromatic carbocycles. The molecule has 6 nitrogen and oxygen atoms in total. The van der Waals surface area contributed by atoms with E-state index in [-0.39, 0.29) is 29.4 Å². The van der Waals surface area contributed by atoms with Gasteiger partial charge in [-0.15, -0.1) is 11.3 Å². The molecule has 0 bridgehead atoms. The Kier molecular flexibility index (Phi) is 7.56.